The van der Waals surface area contributed by atoms with Crippen LogP contribution in [0.3, 0.4) is 0 Å². The Bertz CT molecular complexity index is 662. The van der Waals surface area contributed by atoms with Crippen LogP contribution in [-0.2, 0) is 6.54 Å². The highest BCUT2D eigenvalue weighted by atomic mass is 79.9. The van der Waals surface area contributed by atoms with Crippen molar-refractivity contribution >= 4 is 32.4 Å². The molecule has 90 valence electrons. The van der Waals surface area contributed by atoms with E-state index in [0.29, 0.717) is 6.54 Å². The van der Waals surface area contributed by atoms with Gasteiger partial charge in [-0.05, 0) is 17.5 Å². The fourth-order valence-electron chi connectivity index (χ4n) is 1.99. The lowest BCUT2D eigenvalue weighted by atomic mass is 10.1. The van der Waals surface area contributed by atoms with Crippen molar-refractivity contribution in [3.8, 4) is 0 Å². The van der Waals surface area contributed by atoms with Crippen molar-refractivity contribution in [3.05, 3.63) is 59.1 Å². The molecule has 2 N–H and O–H groups in total. The Balaban J connectivity index is 1.94. The van der Waals surface area contributed by atoms with Gasteiger partial charge < -0.3 is 10.3 Å². The van der Waals surface area contributed by atoms with Crippen LogP contribution in [0.1, 0.15) is 5.82 Å². The summed E-state index contributed by atoms with van der Waals surface area (Å²) in [6, 6.07) is 12.5. The minimum absolute atomic E-state index is 0.693. The summed E-state index contributed by atoms with van der Waals surface area (Å²) in [5.74, 6) is 0.932. The summed E-state index contributed by atoms with van der Waals surface area (Å²) in [5, 5.41) is 5.82. The quantitative estimate of drug-likeness (QED) is 0.769. The molecule has 0 aliphatic carbocycles. The molecule has 0 saturated carbocycles. The average Bonchev–Trinajstić information content (AvgIpc) is 2.92. The molecule has 3 nitrogen and oxygen atoms in total. The third-order valence-electron chi connectivity index (χ3n) is 2.87. The van der Waals surface area contributed by atoms with Gasteiger partial charge in [0, 0.05) is 27.9 Å². The number of nitrogens with zero attached hydrogens (tertiary/aromatic N) is 1. The number of hydrogen-bond donors (Lipinski definition) is 2. The number of aromatic amines is 1. The molecule has 1 aromatic heterocycles. The number of rotatable bonds is 3. The van der Waals surface area contributed by atoms with E-state index < -0.39 is 0 Å². The second-order valence-corrected chi connectivity index (χ2v) is 4.88. The molecule has 1 heterocycles. The first-order chi connectivity index (χ1) is 8.84. The standard InChI is InChI=1S/C14H12BrN3/c15-12-5-6-13(11-4-2-1-3-10(11)12)18-9-14-16-7-8-17-14/h1-8,18H,9H2,(H,16,17). The molecule has 0 bridgehead atoms. The zero-order valence-electron chi connectivity index (χ0n) is 9.65. The summed E-state index contributed by atoms with van der Waals surface area (Å²) < 4.78 is 1.11. The molecule has 0 unspecified atom stereocenters. The Morgan fingerprint density at radius 2 is 1.94 bits per heavy atom. The van der Waals surface area contributed by atoms with Gasteiger partial charge in [0.25, 0.3) is 0 Å². The van der Waals surface area contributed by atoms with E-state index in [2.05, 4.69) is 55.5 Å². The van der Waals surface area contributed by atoms with Crippen molar-refractivity contribution in [1.29, 1.82) is 0 Å². The SMILES string of the molecule is Brc1ccc(NCc2ncc[nH]2)c2ccccc12. The molecule has 18 heavy (non-hydrogen) atoms. The minimum Gasteiger partial charge on any atom is -0.377 e. The summed E-state index contributed by atoms with van der Waals surface area (Å²) in [6.45, 7) is 0.693. The van der Waals surface area contributed by atoms with Gasteiger partial charge in [-0.3, -0.25) is 0 Å². The number of imidazole rings is 1. The van der Waals surface area contributed by atoms with Gasteiger partial charge in [0.05, 0.1) is 6.54 Å². The van der Waals surface area contributed by atoms with E-state index in [9.17, 15) is 0 Å². The molecule has 0 aliphatic heterocycles. The molecule has 2 aromatic carbocycles. The zero-order valence-corrected chi connectivity index (χ0v) is 11.2. The molecule has 0 atom stereocenters. The Morgan fingerprint density at radius 3 is 2.72 bits per heavy atom. The first-order valence-electron chi connectivity index (χ1n) is 5.74. The van der Waals surface area contributed by atoms with E-state index in [1.165, 1.54) is 10.8 Å². The molecular formula is C14H12BrN3. The number of H-pyrrole nitrogens is 1. The van der Waals surface area contributed by atoms with Gasteiger partial charge in [0.2, 0.25) is 0 Å². The van der Waals surface area contributed by atoms with Crippen molar-refractivity contribution in [3.63, 3.8) is 0 Å². The van der Waals surface area contributed by atoms with Gasteiger partial charge in [-0.1, -0.05) is 40.2 Å². The van der Waals surface area contributed by atoms with E-state index in [-0.39, 0.29) is 0 Å². The number of anilines is 1. The molecule has 3 aromatic rings. The molecule has 0 radical (unpaired) electrons. The summed E-state index contributed by atoms with van der Waals surface area (Å²) in [4.78, 5) is 7.29. The highest BCUT2D eigenvalue weighted by molar-refractivity contribution is 9.10. The summed E-state index contributed by atoms with van der Waals surface area (Å²) in [7, 11) is 0. The number of halogens is 1. The predicted octanol–water partition coefficient (Wildman–Crippen LogP) is 3.94. The van der Waals surface area contributed by atoms with Crippen LogP contribution in [0, 0.1) is 0 Å². The van der Waals surface area contributed by atoms with Crippen molar-refractivity contribution < 1.29 is 0 Å². The molecule has 0 fully saturated rings. The second-order valence-electron chi connectivity index (χ2n) is 4.03. The van der Waals surface area contributed by atoms with E-state index in [1.54, 1.807) is 6.20 Å². The van der Waals surface area contributed by atoms with Gasteiger partial charge in [-0.25, -0.2) is 4.98 Å². The molecule has 3 rings (SSSR count). The number of benzene rings is 2. The molecule has 0 amide bonds. The Hall–Kier alpha value is -1.81. The third kappa shape index (κ3) is 2.11. The number of nitrogens with one attached hydrogen (secondary N) is 2. The number of fused-ring (bicyclic) bond motifs is 1. The lowest BCUT2D eigenvalue weighted by molar-refractivity contribution is 1.00. The van der Waals surface area contributed by atoms with E-state index >= 15 is 0 Å². The summed E-state index contributed by atoms with van der Waals surface area (Å²) >= 11 is 3.57. The molecule has 0 aliphatic rings. The van der Waals surface area contributed by atoms with E-state index in [4.69, 9.17) is 0 Å². The molecular weight excluding hydrogens is 290 g/mol. The largest absolute Gasteiger partial charge is 0.377 e. The second kappa shape index (κ2) is 4.82. The van der Waals surface area contributed by atoms with Crippen molar-refractivity contribution in [2.75, 3.05) is 5.32 Å². The average molecular weight is 302 g/mol. The maximum absolute atomic E-state index is 4.20. The number of aromatic nitrogens is 2. The van der Waals surface area contributed by atoms with Crippen molar-refractivity contribution in [2.24, 2.45) is 0 Å². The van der Waals surface area contributed by atoms with Gasteiger partial charge in [0.1, 0.15) is 5.82 Å². The van der Waals surface area contributed by atoms with Crippen LogP contribution in [0.4, 0.5) is 5.69 Å². The predicted molar refractivity (Wildman–Crippen MR) is 77.6 cm³/mol. The molecule has 0 saturated heterocycles. The van der Waals surface area contributed by atoms with E-state index in [1.807, 2.05) is 18.3 Å². The number of hydrogen-bond acceptors (Lipinski definition) is 2. The van der Waals surface area contributed by atoms with Crippen molar-refractivity contribution in [2.45, 2.75) is 6.54 Å². The first-order valence-corrected chi connectivity index (χ1v) is 6.53. The third-order valence-corrected chi connectivity index (χ3v) is 3.56. The fraction of sp³-hybridized carbons (Fsp3) is 0.0714. The van der Waals surface area contributed by atoms with Crippen LogP contribution in [0.25, 0.3) is 10.8 Å². The van der Waals surface area contributed by atoms with Gasteiger partial charge in [-0.15, -0.1) is 0 Å². The first kappa shape index (κ1) is 11.3. The highest BCUT2D eigenvalue weighted by Gasteiger charge is 2.03. The van der Waals surface area contributed by atoms with Crippen LogP contribution in [-0.4, -0.2) is 9.97 Å². The minimum atomic E-state index is 0.693. The van der Waals surface area contributed by atoms with Gasteiger partial charge >= 0.3 is 0 Å². The van der Waals surface area contributed by atoms with Crippen LogP contribution in [0.5, 0.6) is 0 Å². The highest BCUT2D eigenvalue weighted by Crippen LogP contribution is 2.29. The Labute approximate surface area is 113 Å². The smallest absolute Gasteiger partial charge is 0.125 e. The van der Waals surface area contributed by atoms with Gasteiger partial charge in [-0.2, -0.15) is 0 Å². The van der Waals surface area contributed by atoms with Crippen LogP contribution in [0.2, 0.25) is 0 Å². The maximum Gasteiger partial charge on any atom is 0.125 e. The fourth-order valence-corrected chi connectivity index (χ4v) is 2.47. The molecule has 4 heteroatoms. The lowest BCUT2D eigenvalue weighted by Gasteiger charge is -2.09. The van der Waals surface area contributed by atoms with Crippen LogP contribution in [0.15, 0.2) is 53.3 Å². The maximum atomic E-state index is 4.20. The van der Waals surface area contributed by atoms with E-state index in [0.717, 1.165) is 16.0 Å². The zero-order chi connectivity index (χ0) is 12.4. The summed E-state index contributed by atoms with van der Waals surface area (Å²) in [6.07, 6.45) is 3.59. The van der Waals surface area contributed by atoms with Crippen LogP contribution >= 0.6 is 15.9 Å². The Morgan fingerprint density at radius 1 is 1.11 bits per heavy atom. The normalized spacial score (nSPS) is 10.7. The monoisotopic (exact) mass is 301 g/mol. The van der Waals surface area contributed by atoms with Crippen molar-refractivity contribution in [1.82, 2.24) is 9.97 Å². The van der Waals surface area contributed by atoms with Crippen LogP contribution < -0.4 is 5.32 Å². The Kier molecular flexibility index (Phi) is 3.02. The lowest BCUT2D eigenvalue weighted by Crippen LogP contribution is -2.01. The molecule has 0 spiro atoms. The topological polar surface area (TPSA) is 40.7 Å². The van der Waals surface area contributed by atoms with Gasteiger partial charge in [0.15, 0.2) is 0 Å². The summed E-state index contributed by atoms with van der Waals surface area (Å²) in [5.41, 5.74) is 1.12.